The van der Waals surface area contributed by atoms with Crippen LogP contribution < -0.4 is 5.32 Å². The van der Waals surface area contributed by atoms with Crippen LogP contribution in [0.25, 0.3) is 0 Å². The summed E-state index contributed by atoms with van der Waals surface area (Å²) in [5.41, 5.74) is 8.36. The first-order valence-corrected chi connectivity index (χ1v) is 8.77. The molecule has 2 unspecified atom stereocenters. The maximum Gasteiger partial charge on any atom is 0.230 e. The highest BCUT2D eigenvalue weighted by Crippen LogP contribution is 2.49. The van der Waals surface area contributed by atoms with E-state index in [9.17, 15) is 4.91 Å². The number of nitrogens with one attached hydrogen (secondary N) is 1. The Bertz CT molecular complexity index is 703. The fourth-order valence-electron chi connectivity index (χ4n) is 4.87. The van der Waals surface area contributed by atoms with Gasteiger partial charge in [0, 0.05) is 46.9 Å². The number of allylic oxidation sites excluding steroid dienone is 4. The molecule has 0 aromatic rings. The predicted octanol–water partition coefficient (Wildman–Crippen LogP) is 3.75. The lowest BCUT2D eigenvalue weighted by Crippen LogP contribution is -2.38. The molecule has 1 N–H and O–H groups in total. The molecule has 3 heteroatoms. The van der Waals surface area contributed by atoms with Gasteiger partial charge >= 0.3 is 0 Å². The third-order valence-electron chi connectivity index (χ3n) is 6.12. The van der Waals surface area contributed by atoms with Crippen LogP contribution in [0.1, 0.15) is 45.4 Å². The Hall–Kier alpha value is -1.64. The molecule has 22 heavy (non-hydrogen) atoms. The fourth-order valence-corrected chi connectivity index (χ4v) is 4.87. The quantitative estimate of drug-likeness (QED) is 0.787. The van der Waals surface area contributed by atoms with Crippen LogP contribution in [0.15, 0.2) is 45.8 Å². The Kier molecular flexibility index (Phi) is 2.59. The van der Waals surface area contributed by atoms with Gasteiger partial charge in [0.25, 0.3) is 0 Å². The number of rotatable bonds is 2. The smallest absolute Gasteiger partial charge is 0.230 e. The summed E-state index contributed by atoms with van der Waals surface area (Å²) in [6.07, 6.45) is 11.7. The van der Waals surface area contributed by atoms with Crippen LogP contribution in [0, 0.1) is 16.7 Å². The van der Waals surface area contributed by atoms with Gasteiger partial charge in [0.15, 0.2) is 0 Å². The van der Waals surface area contributed by atoms with E-state index in [1.165, 1.54) is 34.4 Å². The van der Waals surface area contributed by atoms with Crippen molar-refractivity contribution >= 4 is 0 Å². The van der Waals surface area contributed by atoms with Gasteiger partial charge in [0.2, 0.25) is 11.7 Å². The van der Waals surface area contributed by atoms with Crippen molar-refractivity contribution < 1.29 is 4.76 Å². The van der Waals surface area contributed by atoms with Crippen LogP contribution in [0.4, 0.5) is 0 Å². The molecule has 0 spiro atoms. The van der Waals surface area contributed by atoms with E-state index in [1.54, 1.807) is 11.1 Å². The second kappa shape index (κ2) is 4.43. The van der Waals surface area contributed by atoms with Crippen LogP contribution in [0.2, 0.25) is 0 Å². The summed E-state index contributed by atoms with van der Waals surface area (Å²) in [6.45, 7) is 2.99. The molecule has 0 saturated heterocycles. The third kappa shape index (κ3) is 1.74. The second-order valence-electron chi connectivity index (χ2n) is 7.59. The normalized spacial score (nSPS) is 33.2. The monoisotopic (exact) mass is 295 g/mol. The van der Waals surface area contributed by atoms with Crippen LogP contribution in [0.3, 0.4) is 0 Å². The van der Waals surface area contributed by atoms with Crippen molar-refractivity contribution in [2.45, 2.75) is 51.5 Å². The van der Waals surface area contributed by atoms with E-state index >= 15 is 0 Å². The lowest BCUT2D eigenvalue weighted by molar-refractivity contribution is -0.551. The predicted molar refractivity (Wildman–Crippen MR) is 86.0 cm³/mol. The van der Waals surface area contributed by atoms with E-state index in [0.717, 1.165) is 43.8 Å². The number of nitrogens with zero attached hydrogens (tertiary/aromatic N) is 1. The van der Waals surface area contributed by atoms with E-state index in [0.29, 0.717) is 5.92 Å². The summed E-state index contributed by atoms with van der Waals surface area (Å²) >= 11 is 0. The highest BCUT2D eigenvalue weighted by Gasteiger charge is 2.48. The topological polar surface area (TPSA) is 32.1 Å². The molecule has 2 aliphatic heterocycles. The molecule has 0 aromatic heterocycles. The van der Waals surface area contributed by atoms with E-state index in [2.05, 4.69) is 17.5 Å². The summed E-state index contributed by atoms with van der Waals surface area (Å²) in [5.74, 6) is 1.23. The minimum Gasteiger partial charge on any atom is -0.381 e. The molecular formula is C19H23N2O+. The number of nitroso groups, excluding NO2 is 1. The standard InChI is InChI=1S/C19H23N2O/c1-11-7-15-14-3-2-4-17-19(14)13(10-20-17)9-16(15)18(21(11)22)8-12-5-6-12/h4,7,12,16,18,20H,2-3,5-6,8-10H2,1H3/q+1. The van der Waals surface area contributed by atoms with Gasteiger partial charge in [-0.1, -0.05) is 6.08 Å². The average molecular weight is 295 g/mol. The third-order valence-corrected chi connectivity index (χ3v) is 6.12. The highest BCUT2D eigenvalue weighted by molar-refractivity contribution is 5.61. The molecule has 0 amide bonds. The van der Waals surface area contributed by atoms with Crippen LogP contribution in [-0.4, -0.2) is 17.3 Å². The van der Waals surface area contributed by atoms with Crippen molar-refractivity contribution in [3.05, 3.63) is 50.7 Å². The minimum atomic E-state index is 0.170. The minimum absolute atomic E-state index is 0.170. The van der Waals surface area contributed by atoms with Gasteiger partial charge in [0.05, 0.1) is 5.92 Å². The van der Waals surface area contributed by atoms with Crippen LogP contribution >= 0.6 is 0 Å². The van der Waals surface area contributed by atoms with Gasteiger partial charge in [-0.3, -0.25) is 0 Å². The molecule has 0 bridgehead atoms. The first-order valence-electron chi connectivity index (χ1n) is 8.77. The molecule has 114 valence electrons. The van der Waals surface area contributed by atoms with Gasteiger partial charge in [-0.25, -0.2) is 0 Å². The first kappa shape index (κ1) is 12.9. The van der Waals surface area contributed by atoms with Crippen molar-refractivity contribution in [3.8, 4) is 0 Å². The Morgan fingerprint density at radius 2 is 2.23 bits per heavy atom. The summed E-state index contributed by atoms with van der Waals surface area (Å²) in [4.78, 5) is 12.7. The molecule has 1 saturated carbocycles. The molecule has 3 nitrogen and oxygen atoms in total. The Morgan fingerprint density at radius 1 is 1.36 bits per heavy atom. The zero-order valence-electron chi connectivity index (χ0n) is 13.2. The second-order valence-corrected chi connectivity index (χ2v) is 7.59. The Labute approximate surface area is 131 Å². The number of hydrogen-bond acceptors (Lipinski definition) is 2. The van der Waals surface area contributed by atoms with E-state index in [4.69, 9.17) is 0 Å². The van der Waals surface area contributed by atoms with Crippen molar-refractivity contribution in [2.75, 3.05) is 6.54 Å². The summed E-state index contributed by atoms with van der Waals surface area (Å²) in [5, 5.41) is 3.57. The van der Waals surface area contributed by atoms with Crippen LogP contribution in [0.5, 0.6) is 0 Å². The van der Waals surface area contributed by atoms with Crippen molar-refractivity contribution in [2.24, 2.45) is 11.8 Å². The van der Waals surface area contributed by atoms with Gasteiger partial charge in [-0.15, -0.1) is 0 Å². The molecule has 3 aliphatic carbocycles. The lowest BCUT2D eigenvalue weighted by Gasteiger charge is -2.33. The Balaban J connectivity index is 1.63. The maximum atomic E-state index is 12.7. The summed E-state index contributed by atoms with van der Waals surface area (Å²) in [6, 6.07) is 0.170. The molecule has 1 fully saturated rings. The summed E-state index contributed by atoms with van der Waals surface area (Å²) < 4.78 is 1.33. The summed E-state index contributed by atoms with van der Waals surface area (Å²) in [7, 11) is 0. The SMILES string of the molecule is CC1=CC2=C3CCC=C4NCC(=C43)CC2C(CC2CC2)[N+]1=O. The first-order chi connectivity index (χ1) is 10.7. The van der Waals surface area contributed by atoms with Gasteiger partial charge in [-0.2, -0.15) is 0 Å². The molecule has 5 rings (SSSR count). The Morgan fingerprint density at radius 3 is 3.05 bits per heavy atom. The highest BCUT2D eigenvalue weighted by atomic mass is 16.3. The molecule has 5 aliphatic rings. The molecular weight excluding hydrogens is 272 g/mol. The maximum absolute atomic E-state index is 12.7. The molecule has 2 heterocycles. The molecule has 0 aromatic carbocycles. The number of hydrogen-bond donors (Lipinski definition) is 1. The van der Waals surface area contributed by atoms with Crippen molar-refractivity contribution in [3.63, 3.8) is 0 Å². The zero-order valence-corrected chi connectivity index (χ0v) is 13.2. The fraction of sp³-hybridized carbons (Fsp3) is 0.579. The zero-order chi connectivity index (χ0) is 14.8. The van der Waals surface area contributed by atoms with E-state index < -0.39 is 0 Å². The van der Waals surface area contributed by atoms with Gasteiger partial charge < -0.3 is 5.32 Å². The molecule has 0 radical (unpaired) electrons. The van der Waals surface area contributed by atoms with Crippen molar-refractivity contribution in [1.82, 2.24) is 5.32 Å². The van der Waals surface area contributed by atoms with E-state index in [-0.39, 0.29) is 6.04 Å². The lowest BCUT2D eigenvalue weighted by atomic mass is 9.70. The molecule has 2 atom stereocenters. The van der Waals surface area contributed by atoms with Gasteiger partial charge in [0.1, 0.15) is 0 Å². The largest absolute Gasteiger partial charge is 0.381 e. The van der Waals surface area contributed by atoms with Crippen LogP contribution in [-0.2, 0) is 0 Å². The van der Waals surface area contributed by atoms with E-state index in [1.807, 2.05) is 6.92 Å². The average Bonchev–Trinajstić information content (AvgIpc) is 3.25. The van der Waals surface area contributed by atoms with Crippen molar-refractivity contribution in [1.29, 1.82) is 0 Å². The van der Waals surface area contributed by atoms with Gasteiger partial charge in [-0.05, 0) is 54.7 Å². The number of fused-ring (bicyclic) bond motifs is 1.